The summed E-state index contributed by atoms with van der Waals surface area (Å²) in [5.74, 6) is 0. The average molecular weight is 340 g/mol. The van der Waals surface area contributed by atoms with Crippen molar-refractivity contribution < 1.29 is 77.3 Å². The topological polar surface area (TPSA) is 66.4 Å². The second-order valence-corrected chi connectivity index (χ2v) is 5.64. The summed E-state index contributed by atoms with van der Waals surface area (Å²) in [6.45, 7) is -0.0422. The van der Waals surface area contributed by atoms with Crippen molar-refractivity contribution >= 4 is 10.4 Å². The van der Waals surface area contributed by atoms with Crippen LogP contribution < -0.4 is 51.4 Å². The average Bonchev–Trinajstić information content (AvgIpc) is 2.28. The molecule has 0 saturated carbocycles. The van der Waals surface area contributed by atoms with Crippen molar-refractivity contribution in [2.45, 2.75) is 70.6 Å². The Labute approximate surface area is 163 Å². The van der Waals surface area contributed by atoms with Gasteiger partial charge in [0.2, 0.25) is 16.8 Å². The van der Waals surface area contributed by atoms with Crippen LogP contribution >= 0.6 is 0 Å². The normalized spacial score (nSPS) is 11.6. The van der Waals surface area contributed by atoms with Gasteiger partial charge in [0.05, 0.1) is 6.61 Å². The predicted octanol–water partition coefficient (Wildman–Crippen LogP) is 0.633. The van der Waals surface area contributed by atoms with Crippen LogP contribution in [0.1, 0.15) is 64.2 Å². The van der Waals surface area contributed by atoms with E-state index in [1.54, 1.807) is 0 Å². The molecule has 20 heavy (non-hydrogen) atoms. The molecular formula is C12H23F2KO4S. The monoisotopic (exact) mass is 340 g/mol. The van der Waals surface area contributed by atoms with E-state index in [1.165, 1.54) is 0 Å². The van der Waals surface area contributed by atoms with Gasteiger partial charge in [0.1, 0.15) is 0 Å². The molecule has 0 heterocycles. The van der Waals surface area contributed by atoms with Crippen LogP contribution in [0.2, 0.25) is 0 Å². The van der Waals surface area contributed by atoms with E-state index in [4.69, 9.17) is 0 Å². The van der Waals surface area contributed by atoms with Crippen LogP contribution in [0.25, 0.3) is 0 Å². The van der Waals surface area contributed by atoms with Gasteiger partial charge in [0, 0.05) is 6.42 Å². The van der Waals surface area contributed by atoms with E-state index in [2.05, 4.69) is 4.18 Å². The largest absolute Gasteiger partial charge is 1.00 e. The van der Waals surface area contributed by atoms with Crippen molar-refractivity contribution in [3.05, 3.63) is 0 Å². The van der Waals surface area contributed by atoms with Crippen molar-refractivity contribution in [1.82, 2.24) is 0 Å². The van der Waals surface area contributed by atoms with Crippen LogP contribution in [0.15, 0.2) is 0 Å². The quantitative estimate of drug-likeness (QED) is 0.213. The second-order valence-electron chi connectivity index (χ2n) is 4.59. The van der Waals surface area contributed by atoms with Crippen molar-refractivity contribution in [1.29, 1.82) is 0 Å². The van der Waals surface area contributed by atoms with Gasteiger partial charge in [0.15, 0.2) is 0 Å². The molecule has 0 atom stereocenters. The number of halogens is 2. The third kappa shape index (κ3) is 21.7. The van der Waals surface area contributed by atoms with E-state index in [9.17, 15) is 21.8 Å². The van der Waals surface area contributed by atoms with Gasteiger partial charge >= 0.3 is 51.4 Å². The van der Waals surface area contributed by atoms with E-state index in [-0.39, 0.29) is 64.4 Å². The Morgan fingerprint density at radius 1 is 0.850 bits per heavy atom. The molecule has 0 radical (unpaired) electrons. The maximum absolute atomic E-state index is 11.8. The predicted molar refractivity (Wildman–Crippen MR) is 67.8 cm³/mol. The van der Waals surface area contributed by atoms with Gasteiger partial charge in [-0.05, 0) is 12.8 Å². The molecule has 0 N–H and O–H groups in total. The molecule has 0 rings (SSSR count). The van der Waals surface area contributed by atoms with Crippen LogP contribution in [-0.2, 0) is 14.6 Å². The van der Waals surface area contributed by atoms with E-state index >= 15 is 0 Å². The molecule has 4 nitrogen and oxygen atoms in total. The Morgan fingerprint density at radius 3 is 1.65 bits per heavy atom. The first kappa shape index (κ1) is 23.6. The first-order chi connectivity index (χ1) is 8.92. The third-order valence-electron chi connectivity index (χ3n) is 2.79. The summed E-state index contributed by atoms with van der Waals surface area (Å²) in [5.41, 5.74) is 0. The van der Waals surface area contributed by atoms with Gasteiger partial charge in [0.25, 0.3) is 0 Å². The molecule has 0 spiro atoms. The number of alkyl halides is 2. The Bertz CT molecular complexity index is 300. The van der Waals surface area contributed by atoms with E-state index in [1.807, 2.05) is 0 Å². The Hall–Kier alpha value is 1.37. The van der Waals surface area contributed by atoms with E-state index < -0.39 is 16.8 Å². The van der Waals surface area contributed by atoms with Crippen molar-refractivity contribution in [3.63, 3.8) is 0 Å². The van der Waals surface area contributed by atoms with Crippen LogP contribution in [0.3, 0.4) is 0 Å². The van der Waals surface area contributed by atoms with Gasteiger partial charge < -0.3 is 4.55 Å². The van der Waals surface area contributed by atoms with Gasteiger partial charge in [-0.3, -0.25) is 4.18 Å². The van der Waals surface area contributed by atoms with Crippen LogP contribution in [-0.4, -0.2) is 26.0 Å². The van der Waals surface area contributed by atoms with Gasteiger partial charge in [-0.1, -0.05) is 44.9 Å². The summed E-state index contributed by atoms with van der Waals surface area (Å²) in [5, 5.41) is 0. The molecule has 0 unspecified atom stereocenters. The molecule has 0 aromatic heterocycles. The number of unbranched alkanes of at least 4 members (excludes halogenated alkanes) is 8. The van der Waals surface area contributed by atoms with Crippen LogP contribution in [0.4, 0.5) is 8.78 Å². The summed E-state index contributed by atoms with van der Waals surface area (Å²) in [6.07, 6.45) is 5.80. The molecule has 0 bridgehead atoms. The minimum atomic E-state index is -4.54. The maximum atomic E-state index is 11.8. The van der Waals surface area contributed by atoms with Gasteiger partial charge in [-0.25, -0.2) is 17.2 Å². The van der Waals surface area contributed by atoms with Crippen molar-refractivity contribution in [2.75, 3.05) is 6.61 Å². The smallest absolute Gasteiger partial charge is 0.726 e. The van der Waals surface area contributed by atoms with E-state index in [0.29, 0.717) is 12.8 Å². The Kier molecular flexibility index (Phi) is 18.0. The second kappa shape index (κ2) is 15.3. The van der Waals surface area contributed by atoms with Crippen molar-refractivity contribution in [3.8, 4) is 0 Å². The SMILES string of the molecule is O=S(=O)([O-])OCCCCCCCCCCCC(F)F.[K+]. The molecule has 0 amide bonds. The summed E-state index contributed by atoms with van der Waals surface area (Å²) < 4.78 is 58.0. The summed E-state index contributed by atoms with van der Waals surface area (Å²) in [6, 6.07) is 0. The first-order valence-corrected chi connectivity index (χ1v) is 8.13. The molecule has 0 saturated heterocycles. The number of hydrogen-bond donors (Lipinski definition) is 0. The molecular weight excluding hydrogens is 317 g/mol. The van der Waals surface area contributed by atoms with Gasteiger partial charge in [-0.2, -0.15) is 0 Å². The van der Waals surface area contributed by atoms with Crippen molar-refractivity contribution in [2.24, 2.45) is 0 Å². The minimum absolute atomic E-state index is 0. The molecule has 0 aliphatic rings. The molecule has 116 valence electrons. The van der Waals surface area contributed by atoms with Crippen LogP contribution in [0, 0.1) is 0 Å². The summed E-state index contributed by atoms with van der Waals surface area (Å²) >= 11 is 0. The molecule has 0 aliphatic heterocycles. The fourth-order valence-electron chi connectivity index (χ4n) is 1.80. The third-order valence-corrected chi connectivity index (χ3v) is 3.25. The zero-order valence-electron chi connectivity index (χ0n) is 12.2. The maximum Gasteiger partial charge on any atom is 1.00 e. The fraction of sp³-hybridized carbons (Fsp3) is 1.00. The van der Waals surface area contributed by atoms with E-state index in [0.717, 1.165) is 44.9 Å². The molecule has 0 aromatic carbocycles. The zero-order valence-corrected chi connectivity index (χ0v) is 16.1. The Balaban J connectivity index is 0. The summed E-state index contributed by atoms with van der Waals surface area (Å²) in [7, 11) is -4.54. The Morgan fingerprint density at radius 2 is 1.25 bits per heavy atom. The molecule has 0 aliphatic carbocycles. The van der Waals surface area contributed by atoms with Gasteiger partial charge in [-0.15, -0.1) is 0 Å². The molecule has 0 aromatic rings. The minimum Gasteiger partial charge on any atom is -0.726 e. The number of hydrogen-bond acceptors (Lipinski definition) is 4. The molecule has 8 heteroatoms. The summed E-state index contributed by atoms with van der Waals surface area (Å²) in [4.78, 5) is 0. The first-order valence-electron chi connectivity index (χ1n) is 6.80. The fourth-order valence-corrected chi connectivity index (χ4v) is 2.12. The van der Waals surface area contributed by atoms with Crippen LogP contribution in [0.5, 0.6) is 0 Å². The number of rotatable bonds is 13. The standard InChI is InChI=1S/C12H24F2O4S.K/c13-12(14)10-8-6-4-2-1-3-5-7-9-11-18-19(15,16)17;/h12H,1-11H2,(H,15,16,17);/q;+1/p-1. The zero-order chi connectivity index (χ0) is 14.6. The molecule has 0 fully saturated rings.